The quantitative estimate of drug-likeness (QED) is 0.742. The Morgan fingerprint density at radius 1 is 1.50 bits per heavy atom. The van der Waals surface area contributed by atoms with Crippen LogP contribution >= 0.6 is 0 Å². The summed E-state index contributed by atoms with van der Waals surface area (Å²) in [7, 11) is 0. The van der Waals surface area contributed by atoms with E-state index in [0.29, 0.717) is 6.42 Å². The number of rotatable bonds is 4. The highest BCUT2D eigenvalue weighted by Crippen LogP contribution is 2.20. The summed E-state index contributed by atoms with van der Waals surface area (Å²) in [6.45, 7) is 12.4. The lowest BCUT2D eigenvalue weighted by Crippen LogP contribution is -2.53. The Labute approximate surface area is 111 Å². The van der Waals surface area contributed by atoms with Gasteiger partial charge >= 0.3 is 0 Å². The highest BCUT2D eigenvalue weighted by atomic mass is 16.2. The molecule has 0 aromatic rings. The molecule has 0 saturated carbocycles. The molecule has 0 aromatic heterocycles. The molecule has 1 amide bonds. The van der Waals surface area contributed by atoms with E-state index in [1.54, 1.807) is 6.08 Å². The number of hydrogen-bond acceptors (Lipinski definition) is 3. The van der Waals surface area contributed by atoms with Crippen LogP contribution in [-0.2, 0) is 4.79 Å². The average molecular weight is 253 g/mol. The van der Waals surface area contributed by atoms with Crippen LogP contribution < -0.4 is 11.1 Å². The van der Waals surface area contributed by atoms with Crippen LogP contribution in [0, 0.1) is 0 Å². The van der Waals surface area contributed by atoms with Crippen LogP contribution in [0.5, 0.6) is 0 Å². The van der Waals surface area contributed by atoms with E-state index >= 15 is 0 Å². The highest BCUT2D eigenvalue weighted by molar-refractivity contribution is 5.81. The summed E-state index contributed by atoms with van der Waals surface area (Å²) in [5.41, 5.74) is 5.96. The summed E-state index contributed by atoms with van der Waals surface area (Å²) < 4.78 is 0. The van der Waals surface area contributed by atoms with Crippen molar-refractivity contribution < 1.29 is 4.79 Å². The molecule has 0 spiro atoms. The van der Waals surface area contributed by atoms with Gasteiger partial charge in [-0.1, -0.05) is 6.08 Å². The number of nitrogens with two attached hydrogens (primary N) is 1. The first-order valence-electron chi connectivity index (χ1n) is 6.76. The van der Waals surface area contributed by atoms with E-state index in [-0.39, 0.29) is 17.5 Å². The van der Waals surface area contributed by atoms with Gasteiger partial charge in [0.1, 0.15) is 0 Å². The van der Waals surface area contributed by atoms with E-state index in [2.05, 4.69) is 37.6 Å². The zero-order valence-electron chi connectivity index (χ0n) is 11.9. The molecule has 4 heteroatoms. The normalized spacial score (nSPS) is 20.4. The minimum atomic E-state index is -0.455. The van der Waals surface area contributed by atoms with E-state index < -0.39 is 6.04 Å². The molecule has 1 fully saturated rings. The molecule has 1 saturated heterocycles. The predicted octanol–water partition coefficient (Wildman–Crippen LogP) is 1.27. The van der Waals surface area contributed by atoms with Crippen molar-refractivity contribution in [3.05, 3.63) is 12.7 Å². The molecule has 1 aliphatic heterocycles. The lowest BCUT2D eigenvalue weighted by atomic mass is 9.98. The molecule has 0 bridgehead atoms. The first-order chi connectivity index (χ1) is 8.34. The monoisotopic (exact) mass is 253 g/mol. The Hall–Kier alpha value is -0.870. The van der Waals surface area contributed by atoms with Crippen molar-refractivity contribution in [3.63, 3.8) is 0 Å². The Kier molecular flexibility index (Phi) is 5.35. The van der Waals surface area contributed by atoms with Crippen LogP contribution in [0.3, 0.4) is 0 Å². The predicted molar refractivity (Wildman–Crippen MR) is 75.3 cm³/mol. The molecule has 104 valence electrons. The Balaban J connectivity index is 2.35. The Morgan fingerprint density at radius 3 is 2.50 bits per heavy atom. The van der Waals surface area contributed by atoms with E-state index in [0.717, 1.165) is 25.9 Å². The standard InChI is InChI=1S/C14H27N3O/c1-5-6-12(15)13(18)16-11-7-9-17(10-8-11)14(2,3)4/h5,11-12H,1,6-10,15H2,2-4H3,(H,16,18). The molecule has 1 heterocycles. The minimum absolute atomic E-state index is 0.0518. The third-order valence-corrected chi connectivity index (χ3v) is 3.55. The molecule has 4 nitrogen and oxygen atoms in total. The van der Waals surface area contributed by atoms with E-state index in [9.17, 15) is 4.79 Å². The number of carbonyl (C=O) groups excluding carboxylic acids is 1. The van der Waals surface area contributed by atoms with Crippen molar-refractivity contribution in [2.75, 3.05) is 13.1 Å². The van der Waals surface area contributed by atoms with Gasteiger partial charge in [-0.15, -0.1) is 6.58 Å². The first-order valence-corrected chi connectivity index (χ1v) is 6.76. The molecule has 0 aromatic carbocycles. The number of hydrogen-bond donors (Lipinski definition) is 2. The van der Waals surface area contributed by atoms with Crippen LogP contribution in [-0.4, -0.2) is 41.5 Å². The number of nitrogens with one attached hydrogen (secondary N) is 1. The van der Waals surface area contributed by atoms with Gasteiger partial charge in [-0.3, -0.25) is 9.69 Å². The molecule has 1 atom stereocenters. The maximum Gasteiger partial charge on any atom is 0.237 e. The van der Waals surface area contributed by atoms with Gasteiger partial charge in [-0.25, -0.2) is 0 Å². The van der Waals surface area contributed by atoms with Gasteiger partial charge in [-0.05, 0) is 40.0 Å². The van der Waals surface area contributed by atoms with Gasteiger partial charge < -0.3 is 11.1 Å². The zero-order valence-corrected chi connectivity index (χ0v) is 11.9. The summed E-state index contributed by atoms with van der Waals surface area (Å²) in [6, 6.07) is -0.185. The lowest BCUT2D eigenvalue weighted by Gasteiger charge is -2.41. The number of piperidine rings is 1. The van der Waals surface area contributed by atoms with E-state index in [1.807, 2.05) is 0 Å². The van der Waals surface area contributed by atoms with Crippen LogP contribution in [0.4, 0.5) is 0 Å². The second-order valence-electron chi connectivity index (χ2n) is 6.07. The molecule has 1 unspecified atom stereocenters. The maximum absolute atomic E-state index is 11.8. The highest BCUT2D eigenvalue weighted by Gasteiger charge is 2.28. The Bertz CT molecular complexity index is 288. The van der Waals surface area contributed by atoms with Crippen LogP contribution in [0.2, 0.25) is 0 Å². The maximum atomic E-state index is 11.8. The molecule has 3 N–H and O–H groups in total. The number of likely N-dealkylation sites (tertiary alicyclic amines) is 1. The van der Waals surface area contributed by atoms with Gasteiger partial charge in [0.15, 0.2) is 0 Å². The van der Waals surface area contributed by atoms with Crippen molar-refractivity contribution in [1.29, 1.82) is 0 Å². The van der Waals surface area contributed by atoms with Gasteiger partial charge in [-0.2, -0.15) is 0 Å². The number of carbonyl (C=O) groups is 1. The Morgan fingerprint density at radius 2 is 2.06 bits per heavy atom. The van der Waals surface area contributed by atoms with Crippen LogP contribution in [0.1, 0.15) is 40.0 Å². The molecule has 18 heavy (non-hydrogen) atoms. The third-order valence-electron chi connectivity index (χ3n) is 3.55. The molecule has 0 aliphatic carbocycles. The SMILES string of the molecule is C=CCC(N)C(=O)NC1CCN(C(C)(C)C)CC1. The fourth-order valence-corrected chi connectivity index (χ4v) is 2.29. The van der Waals surface area contributed by atoms with Gasteiger partial charge in [0.25, 0.3) is 0 Å². The second-order valence-corrected chi connectivity index (χ2v) is 6.07. The van der Waals surface area contributed by atoms with Crippen LogP contribution in [0.25, 0.3) is 0 Å². The van der Waals surface area contributed by atoms with Crippen molar-refractivity contribution in [1.82, 2.24) is 10.2 Å². The fraction of sp³-hybridized carbons (Fsp3) is 0.786. The smallest absolute Gasteiger partial charge is 0.237 e. The van der Waals surface area contributed by atoms with Gasteiger partial charge in [0.05, 0.1) is 6.04 Å². The largest absolute Gasteiger partial charge is 0.352 e. The first kappa shape index (κ1) is 15.2. The molecule has 1 aliphatic rings. The van der Waals surface area contributed by atoms with E-state index in [4.69, 9.17) is 5.73 Å². The second kappa shape index (κ2) is 6.34. The summed E-state index contributed by atoms with van der Waals surface area (Å²) in [6.07, 6.45) is 4.23. The van der Waals surface area contributed by atoms with Crippen LogP contribution in [0.15, 0.2) is 12.7 Å². The van der Waals surface area contributed by atoms with Crippen molar-refractivity contribution in [2.24, 2.45) is 5.73 Å². The van der Waals surface area contributed by atoms with Crippen molar-refractivity contribution in [3.8, 4) is 0 Å². The minimum Gasteiger partial charge on any atom is -0.352 e. The van der Waals surface area contributed by atoms with Crippen molar-refractivity contribution >= 4 is 5.91 Å². The third kappa shape index (κ3) is 4.42. The van der Waals surface area contributed by atoms with Gasteiger partial charge in [0, 0.05) is 24.7 Å². The van der Waals surface area contributed by atoms with E-state index in [1.165, 1.54) is 0 Å². The lowest BCUT2D eigenvalue weighted by molar-refractivity contribution is -0.123. The molecular formula is C14H27N3O. The molecule has 0 radical (unpaired) electrons. The summed E-state index contributed by atoms with van der Waals surface area (Å²) in [5, 5.41) is 3.04. The number of nitrogens with zero attached hydrogens (tertiary/aromatic N) is 1. The van der Waals surface area contributed by atoms with Crippen molar-refractivity contribution in [2.45, 2.75) is 57.7 Å². The number of amides is 1. The average Bonchev–Trinajstić information content (AvgIpc) is 2.28. The topological polar surface area (TPSA) is 58.4 Å². The fourth-order valence-electron chi connectivity index (χ4n) is 2.29. The zero-order chi connectivity index (χ0) is 13.8. The summed E-state index contributed by atoms with van der Waals surface area (Å²) in [5.74, 6) is -0.0518. The van der Waals surface area contributed by atoms with Gasteiger partial charge in [0.2, 0.25) is 5.91 Å². The molecular weight excluding hydrogens is 226 g/mol. The summed E-state index contributed by atoms with van der Waals surface area (Å²) >= 11 is 0. The molecule has 1 rings (SSSR count). The summed E-state index contributed by atoms with van der Waals surface area (Å²) in [4.78, 5) is 14.2.